The number of amides is 1. The maximum Gasteiger partial charge on any atom is 0.272 e. The second-order valence-corrected chi connectivity index (χ2v) is 3.71. The van der Waals surface area contributed by atoms with Crippen LogP contribution in [0.25, 0.3) is 0 Å². The van der Waals surface area contributed by atoms with E-state index in [1.807, 2.05) is 6.92 Å². The van der Waals surface area contributed by atoms with Crippen molar-refractivity contribution in [1.29, 1.82) is 0 Å². The first kappa shape index (κ1) is 13.6. The van der Waals surface area contributed by atoms with Crippen molar-refractivity contribution in [3.05, 3.63) is 29.8 Å². The van der Waals surface area contributed by atoms with Crippen molar-refractivity contribution in [1.82, 2.24) is 9.88 Å². The van der Waals surface area contributed by atoms with Crippen LogP contribution in [0, 0.1) is 5.95 Å². The highest BCUT2D eigenvalue weighted by molar-refractivity contribution is 5.92. The minimum Gasteiger partial charge on any atom is -0.395 e. The van der Waals surface area contributed by atoms with E-state index in [0.717, 1.165) is 12.8 Å². The van der Waals surface area contributed by atoms with Crippen LogP contribution in [0.4, 0.5) is 4.39 Å². The second kappa shape index (κ2) is 6.96. The Kier molecular flexibility index (Phi) is 5.56. The van der Waals surface area contributed by atoms with E-state index in [1.165, 1.54) is 23.1 Å². The molecule has 0 radical (unpaired) electrons. The van der Waals surface area contributed by atoms with Crippen LogP contribution in [-0.2, 0) is 0 Å². The van der Waals surface area contributed by atoms with Gasteiger partial charge in [-0.15, -0.1) is 0 Å². The summed E-state index contributed by atoms with van der Waals surface area (Å²) < 4.78 is 12.9. The third-order valence-electron chi connectivity index (χ3n) is 2.37. The van der Waals surface area contributed by atoms with Crippen molar-refractivity contribution in [3.8, 4) is 0 Å². The minimum atomic E-state index is -0.671. The number of hydrogen-bond donors (Lipinski definition) is 1. The molecule has 0 saturated carbocycles. The maximum atomic E-state index is 12.9. The van der Waals surface area contributed by atoms with Crippen LogP contribution in [0.15, 0.2) is 18.2 Å². The summed E-state index contributed by atoms with van der Waals surface area (Å²) in [6.45, 7) is 2.71. The zero-order chi connectivity index (χ0) is 12.7. The third-order valence-corrected chi connectivity index (χ3v) is 2.37. The summed E-state index contributed by atoms with van der Waals surface area (Å²) in [5, 5.41) is 8.90. The van der Waals surface area contributed by atoms with Crippen LogP contribution in [0.2, 0.25) is 0 Å². The lowest BCUT2D eigenvalue weighted by molar-refractivity contribution is 0.0712. The fourth-order valence-corrected chi connectivity index (χ4v) is 1.47. The Morgan fingerprint density at radius 3 is 2.82 bits per heavy atom. The van der Waals surface area contributed by atoms with Crippen LogP contribution in [-0.4, -0.2) is 40.6 Å². The van der Waals surface area contributed by atoms with E-state index in [9.17, 15) is 9.18 Å². The Hall–Kier alpha value is -1.49. The molecule has 0 aliphatic carbocycles. The molecule has 1 heterocycles. The monoisotopic (exact) mass is 240 g/mol. The molecule has 0 aliphatic heterocycles. The van der Waals surface area contributed by atoms with Crippen LogP contribution < -0.4 is 0 Å². The van der Waals surface area contributed by atoms with Crippen molar-refractivity contribution >= 4 is 5.91 Å². The molecule has 0 saturated heterocycles. The van der Waals surface area contributed by atoms with E-state index in [-0.39, 0.29) is 24.8 Å². The molecule has 0 aromatic carbocycles. The van der Waals surface area contributed by atoms with Crippen LogP contribution in [0.3, 0.4) is 0 Å². The molecule has 1 N–H and O–H groups in total. The molecule has 1 amide bonds. The molecule has 1 aromatic heterocycles. The van der Waals surface area contributed by atoms with Gasteiger partial charge in [0.25, 0.3) is 5.91 Å². The lowest BCUT2D eigenvalue weighted by Gasteiger charge is -2.20. The van der Waals surface area contributed by atoms with E-state index in [4.69, 9.17) is 5.11 Å². The average Bonchev–Trinajstić information content (AvgIpc) is 2.33. The van der Waals surface area contributed by atoms with E-state index in [1.54, 1.807) is 0 Å². The van der Waals surface area contributed by atoms with Gasteiger partial charge in [0.1, 0.15) is 5.69 Å². The summed E-state index contributed by atoms with van der Waals surface area (Å²) in [7, 11) is 0. The number of rotatable bonds is 6. The van der Waals surface area contributed by atoms with E-state index < -0.39 is 5.95 Å². The number of unbranched alkanes of at least 4 members (excludes halogenated alkanes) is 1. The summed E-state index contributed by atoms with van der Waals surface area (Å²) in [5.74, 6) is -1.01. The molecular formula is C12H17FN2O2. The number of pyridine rings is 1. The zero-order valence-electron chi connectivity index (χ0n) is 9.90. The largest absolute Gasteiger partial charge is 0.395 e. The van der Waals surface area contributed by atoms with Crippen molar-refractivity contribution in [2.75, 3.05) is 19.7 Å². The molecule has 94 valence electrons. The van der Waals surface area contributed by atoms with Crippen molar-refractivity contribution in [2.24, 2.45) is 0 Å². The number of aliphatic hydroxyl groups is 1. The second-order valence-electron chi connectivity index (χ2n) is 3.71. The molecule has 0 unspecified atom stereocenters. The Morgan fingerprint density at radius 1 is 1.47 bits per heavy atom. The highest BCUT2D eigenvalue weighted by atomic mass is 19.1. The molecule has 0 atom stereocenters. The molecule has 0 aliphatic rings. The summed E-state index contributed by atoms with van der Waals surface area (Å²) in [6, 6.07) is 4.12. The predicted octanol–water partition coefficient (Wildman–Crippen LogP) is 1.46. The first-order valence-corrected chi connectivity index (χ1v) is 5.71. The van der Waals surface area contributed by atoms with Gasteiger partial charge in [-0.25, -0.2) is 4.98 Å². The van der Waals surface area contributed by atoms with Gasteiger partial charge < -0.3 is 10.0 Å². The fraction of sp³-hybridized carbons (Fsp3) is 0.500. The first-order valence-electron chi connectivity index (χ1n) is 5.71. The summed E-state index contributed by atoms with van der Waals surface area (Å²) in [4.78, 5) is 17.0. The maximum absolute atomic E-state index is 12.9. The third kappa shape index (κ3) is 4.11. The Balaban J connectivity index is 2.76. The number of carbonyl (C=O) groups is 1. The predicted molar refractivity (Wildman–Crippen MR) is 62.1 cm³/mol. The molecule has 4 nitrogen and oxygen atoms in total. The molecule has 5 heteroatoms. The van der Waals surface area contributed by atoms with Crippen LogP contribution in [0.5, 0.6) is 0 Å². The van der Waals surface area contributed by atoms with E-state index >= 15 is 0 Å². The Bertz CT molecular complexity index is 371. The normalized spacial score (nSPS) is 10.3. The van der Waals surface area contributed by atoms with Gasteiger partial charge in [0.05, 0.1) is 6.61 Å². The molecule has 0 spiro atoms. The van der Waals surface area contributed by atoms with Crippen LogP contribution in [0.1, 0.15) is 30.3 Å². The van der Waals surface area contributed by atoms with Gasteiger partial charge in [0.15, 0.2) is 0 Å². The number of nitrogens with zero attached hydrogens (tertiary/aromatic N) is 2. The van der Waals surface area contributed by atoms with Gasteiger partial charge in [-0.2, -0.15) is 4.39 Å². The molecule has 0 fully saturated rings. The fourth-order valence-electron chi connectivity index (χ4n) is 1.47. The zero-order valence-corrected chi connectivity index (χ0v) is 9.90. The Labute approximate surface area is 100 Å². The number of hydrogen-bond acceptors (Lipinski definition) is 3. The van der Waals surface area contributed by atoms with Gasteiger partial charge in [0.2, 0.25) is 5.95 Å². The van der Waals surface area contributed by atoms with Gasteiger partial charge in [-0.05, 0) is 18.6 Å². The van der Waals surface area contributed by atoms with Crippen molar-refractivity contribution in [3.63, 3.8) is 0 Å². The summed E-state index contributed by atoms with van der Waals surface area (Å²) in [5.41, 5.74) is 0.0783. The van der Waals surface area contributed by atoms with Crippen LogP contribution >= 0.6 is 0 Å². The highest BCUT2D eigenvalue weighted by Crippen LogP contribution is 2.05. The minimum absolute atomic E-state index is 0.0783. The average molecular weight is 240 g/mol. The van der Waals surface area contributed by atoms with Crippen molar-refractivity contribution < 1.29 is 14.3 Å². The summed E-state index contributed by atoms with van der Waals surface area (Å²) >= 11 is 0. The Morgan fingerprint density at radius 2 is 2.24 bits per heavy atom. The lowest BCUT2D eigenvalue weighted by Crippen LogP contribution is -2.35. The summed E-state index contributed by atoms with van der Waals surface area (Å²) in [6.07, 6.45) is 1.80. The lowest BCUT2D eigenvalue weighted by atomic mass is 10.2. The van der Waals surface area contributed by atoms with E-state index in [0.29, 0.717) is 6.54 Å². The quantitative estimate of drug-likeness (QED) is 0.766. The molecule has 0 bridgehead atoms. The molecule has 17 heavy (non-hydrogen) atoms. The number of aromatic nitrogens is 1. The number of carbonyl (C=O) groups excluding carboxylic acids is 1. The highest BCUT2D eigenvalue weighted by Gasteiger charge is 2.16. The SMILES string of the molecule is CCCCN(CCO)C(=O)c1cccc(F)n1. The van der Waals surface area contributed by atoms with Gasteiger partial charge >= 0.3 is 0 Å². The van der Waals surface area contributed by atoms with Gasteiger partial charge in [-0.1, -0.05) is 19.4 Å². The topological polar surface area (TPSA) is 53.4 Å². The van der Waals surface area contributed by atoms with Gasteiger partial charge in [-0.3, -0.25) is 4.79 Å². The number of aliphatic hydroxyl groups excluding tert-OH is 1. The standard InChI is InChI=1S/C12H17FN2O2/c1-2-3-7-15(8-9-16)12(17)10-5-4-6-11(13)14-10/h4-6,16H,2-3,7-9H2,1H3. The molecule has 1 rings (SSSR count). The van der Waals surface area contributed by atoms with Gasteiger partial charge in [0, 0.05) is 13.1 Å². The van der Waals surface area contributed by atoms with E-state index in [2.05, 4.69) is 4.98 Å². The smallest absolute Gasteiger partial charge is 0.272 e. The number of halogens is 1. The molecular weight excluding hydrogens is 223 g/mol. The first-order chi connectivity index (χ1) is 8.19. The van der Waals surface area contributed by atoms with Crippen molar-refractivity contribution in [2.45, 2.75) is 19.8 Å². The molecule has 1 aromatic rings.